The van der Waals surface area contributed by atoms with Crippen molar-refractivity contribution in [3.05, 3.63) is 47.5 Å². The molecule has 0 unspecified atom stereocenters. The predicted molar refractivity (Wildman–Crippen MR) is 85.2 cm³/mol. The first-order chi connectivity index (χ1) is 11.7. The summed E-state index contributed by atoms with van der Waals surface area (Å²) in [6.45, 7) is 1.78. The van der Waals surface area contributed by atoms with Crippen LogP contribution < -0.4 is 4.90 Å². The third-order valence-electron chi connectivity index (χ3n) is 3.77. The topological polar surface area (TPSA) is 63.9 Å². The Kier molecular flexibility index (Phi) is 3.94. The Morgan fingerprint density at radius 1 is 1.24 bits per heavy atom. The number of nitrogens with zero attached hydrogens (tertiary/aromatic N) is 5. The smallest absolute Gasteiger partial charge is 0.311 e. The number of alkyl halides is 3. The van der Waals surface area contributed by atoms with Crippen LogP contribution in [0.25, 0.3) is 11.0 Å². The SMILES string of the molecule is Cc1cc(N(C)C(=O)c2cnc3c(c2)c(C(F)(F)F)nn3C)ccn1. The molecule has 0 aliphatic rings. The molecular formula is C16H14F3N5O. The summed E-state index contributed by atoms with van der Waals surface area (Å²) in [4.78, 5) is 22.0. The van der Waals surface area contributed by atoms with Gasteiger partial charge in [-0.1, -0.05) is 0 Å². The minimum atomic E-state index is -4.63. The van der Waals surface area contributed by atoms with E-state index in [-0.39, 0.29) is 16.6 Å². The molecule has 25 heavy (non-hydrogen) atoms. The molecule has 1 amide bonds. The quantitative estimate of drug-likeness (QED) is 0.714. The van der Waals surface area contributed by atoms with Crippen molar-refractivity contribution < 1.29 is 18.0 Å². The van der Waals surface area contributed by atoms with Crippen molar-refractivity contribution >= 4 is 22.6 Å². The van der Waals surface area contributed by atoms with Gasteiger partial charge in [0.2, 0.25) is 0 Å². The number of aromatic nitrogens is 4. The number of carbonyl (C=O) groups is 1. The average molecular weight is 349 g/mol. The number of halogens is 3. The molecule has 0 aliphatic heterocycles. The Morgan fingerprint density at radius 3 is 2.60 bits per heavy atom. The number of pyridine rings is 2. The van der Waals surface area contributed by atoms with Crippen LogP contribution in [-0.2, 0) is 13.2 Å². The summed E-state index contributed by atoms with van der Waals surface area (Å²) in [7, 11) is 2.91. The summed E-state index contributed by atoms with van der Waals surface area (Å²) in [5.41, 5.74) is 0.348. The molecule has 9 heteroatoms. The van der Waals surface area contributed by atoms with E-state index in [9.17, 15) is 18.0 Å². The molecule has 3 heterocycles. The monoisotopic (exact) mass is 349 g/mol. The van der Waals surface area contributed by atoms with Crippen molar-refractivity contribution in [2.24, 2.45) is 7.05 Å². The maximum Gasteiger partial charge on any atom is 0.435 e. The third kappa shape index (κ3) is 3.04. The van der Waals surface area contributed by atoms with Gasteiger partial charge in [-0.2, -0.15) is 18.3 Å². The summed E-state index contributed by atoms with van der Waals surface area (Å²) in [5, 5.41) is 3.26. The molecule has 0 saturated heterocycles. The molecule has 0 radical (unpaired) electrons. The second-order valence-electron chi connectivity index (χ2n) is 5.58. The molecule has 3 rings (SSSR count). The van der Waals surface area contributed by atoms with Gasteiger partial charge >= 0.3 is 6.18 Å². The van der Waals surface area contributed by atoms with Crippen molar-refractivity contribution in [1.82, 2.24) is 19.7 Å². The van der Waals surface area contributed by atoms with E-state index in [0.717, 1.165) is 10.4 Å². The van der Waals surface area contributed by atoms with Crippen LogP contribution >= 0.6 is 0 Å². The maximum absolute atomic E-state index is 13.1. The Morgan fingerprint density at radius 2 is 1.96 bits per heavy atom. The van der Waals surface area contributed by atoms with E-state index >= 15 is 0 Å². The van der Waals surface area contributed by atoms with Crippen LogP contribution in [-0.4, -0.2) is 32.7 Å². The normalized spacial score (nSPS) is 11.8. The third-order valence-corrected chi connectivity index (χ3v) is 3.77. The Balaban J connectivity index is 2.05. The van der Waals surface area contributed by atoms with Crippen molar-refractivity contribution in [3.8, 4) is 0 Å². The molecule has 0 bridgehead atoms. The van der Waals surface area contributed by atoms with Gasteiger partial charge in [0.15, 0.2) is 11.3 Å². The molecule has 0 aliphatic carbocycles. The Labute approximate surface area is 140 Å². The lowest BCUT2D eigenvalue weighted by molar-refractivity contribution is -0.140. The largest absolute Gasteiger partial charge is 0.435 e. The maximum atomic E-state index is 13.1. The number of fused-ring (bicyclic) bond motifs is 1. The first-order valence-electron chi connectivity index (χ1n) is 7.29. The summed E-state index contributed by atoms with van der Waals surface area (Å²) >= 11 is 0. The van der Waals surface area contributed by atoms with Gasteiger partial charge in [-0.3, -0.25) is 9.78 Å². The summed E-state index contributed by atoms with van der Waals surface area (Å²) in [5.74, 6) is -0.475. The molecule has 3 aromatic rings. The molecule has 0 aromatic carbocycles. The molecule has 0 saturated carbocycles. The van der Waals surface area contributed by atoms with Gasteiger partial charge < -0.3 is 4.90 Å². The fourth-order valence-corrected chi connectivity index (χ4v) is 2.52. The van der Waals surface area contributed by atoms with Gasteiger partial charge in [-0.05, 0) is 25.1 Å². The summed E-state index contributed by atoms with van der Waals surface area (Å²) in [6, 6.07) is 4.52. The highest BCUT2D eigenvalue weighted by molar-refractivity contribution is 6.07. The summed E-state index contributed by atoms with van der Waals surface area (Å²) < 4.78 is 40.4. The number of aryl methyl sites for hydroxylation is 2. The van der Waals surface area contributed by atoms with Crippen LogP contribution in [0.15, 0.2) is 30.6 Å². The first-order valence-corrected chi connectivity index (χ1v) is 7.29. The fourth-order valence-electron chi connectivity index (χ4n) is 2.52. The average Bonchev–Trinajstić information content (AvgIpc) is 2.90. The number of anilines is 1. The summed E-state index contributed by atoms with van der Waals surface area (Å²) in [6.07, 6.45) is -1.83. The zero-order valence-corrected chi connectivity index (χ0v) is 13.7. The number of hydrogen-bond acceptors (Lipinski definition) is 4. The molecule has 0 N–H and O–H groups in total. The van der Waals surface area contributed by atoms with Gasteiger partial charge in [0.1, 0.15) is 0 Å². The van der Waals surface area contributed by atoms with Gasteiger partial charge in [0, 0.05) is 37.9 Å². The Hall–Kier alpha value is -2.97. The number of carbonyl (C=O) groups excluding carboxylic acids is 1. The number of rotatable bonds is 2. The second kappa shape index (κ2) is 5.83. The highest BCUT2D eigenvalue weighted by atomic mass is 19.4. The van der Waals surface area contributed by atoms with Crippen LogP contribution in [0.3, 0.4) is 0 Å². The molecule has 0 atom stereocenters. The van der Waals surface area contributed by atoms with E-state index in [1.165, 1.54) is 31.3 Å². The van der Waals surface area contributed by atoms with Crippen LogP contribution in [0.1, 0.15) is 21.7 Å². The van der Waals surface area contributed by atoms with E-state index in [4.69, 9.17) is 0 Å². The van der Waals surface area contributed by atoms with Gasteiger partial charge in [-0.25, -0.2) is 9.67 Å². The first kappa shape index (κ1) is 16.9. The number of hydrogen-bond donors (Lipinski definition) is 0. The lowest BCUT2D eigenvalue weighted by Gasteiger charge is -2.17. The highest BCUT2D eigenvalue weighted by Crippen LogP contribution is 2.33. The van der Waals surface area contributed by atoms with Crippen LogP contribution in [0, 0.1) is 6.92 Å². The van der Waals surface area contributed by atoms with E-state index in [1.54, 1.807) is 25.3 Å². The van der Waals surface area contributed by atoms with Gasteiger partial charge in [0.05, 0.1) is 10.9 Å². The standard InChI is InChI=1S/C16H14F3N5O/c1-9-6-11(4-5-20-9)23(2)15(25)10-7-12-13(16(17,18)19)22-24(3)14(12)21-8-10/h4-8H,1-3H3. The van der Waals surface area contributed by atoms with Crippen molar-refractivity contribution in [1.29, 1.82) is 0 Å². The zero-order valence-electron chi connectivity index (χ0n) is 13.7. The van der Waals surface area contributed by atoms with Gasteiger partial charge in [0.25, 0.3) is 5.91 Å². The van der Waals surface area contributed by atoms with Crippen molar-refractivity contribution in [2.75, 3.05) is 11.9 Å². The van der Waals surface area contributed by atoms with E-state index in [2.05, 4.69) is 15.1 Å². The lowest BCUT2D eigenvalue weighted by atomic mass is 10.1. The zero-order chi connectivity index (χ0) is 18.4. The fraction of sp³-hybridized carbons (Fsp3) is 0.250. The van der Waals surface area contributed by atoms with E-state index in [0.29, 0.717) is 5.69 Å². The highest BCUT2D eigenvalue weighted by Gasteiger charge is 2.37. The van der Waals surface area contributed by atoms with Crippen LogP contribution in [0.2, 0.25) is 0 Å². The molecule has 0 spiro atoms. The molecule has 0 fully saturated rings. The Bertz CT molecular complexity index is 964. The predicted octanol–water partition coefficient (Wildman–Crippen LogP) is 2.97. The molecule has 3 aromatic heterocycles. The number of amides is 1. The second-order valence-corrected chi connectivity index (χ2v) is 5.58. The van der Waals surface area contributed by atoms with Crippen LogP contribution in [0.5, 0.6) is 0 Å². The van der Waals surface area contributed by atoms with Crippen LogP contribution in [0.4, 0.5) is 18.9 Å². The molecule has 6 nitrogen and oxygen atoms in total. The van der Waals surface area contributed by atoms with Crippen molar-refractivity contribution in [2.45, 2.75) is 13.1 Å². The lowest BCUT2D eigenvalue weighted by Crippen LogP contribution is -2.26. The van der Waals surface area contributed by atoms with E-state index < -0.39 is 17.8 Å². The van der Waals surface area contributed by atoms with Crippen molar-refractivity contribution in [3.63, 3.8) is 0 Å². The minimum Gasteiger partial charge on any atom is -0.311 e. The molecular weight excluding hydrogens is 335 g/mol. The molecule has 130 valence electrons. The van der Waals surface area contributed by atoms with E-state index in [1.807, 2.05) is 0 Å². The minimum absolute atomic E-state index is 0.0444. The van der Waals surface area contributed by atoms with Gasteiger partial charge in [-0.15, -0.1) is 0 Å².